The van der Waals surface area contributed by atoms with E-state index >= 15 is 0 Å². The van der Waals surface area contributed by atoms with Gasteiger partial charge in [0.15, 0.2) is 0 Å². The third-order valence-electron chi connectivity index (χ3n) is 1.58. The SMILES string of the molecule is OB(O)[C@@H](O)c1c(F)cccc1Br. The lowest BCUT2D eigenvalue weighted by molar-refractivity contribution is 0.196. The minimum atomic E-state index is -1.99. The second-order valence-corrected chi connectivity index (χ2v) is 3.35. The highest BCUT2D eigenvalue weighted by molar-refractivity contribution is 9.10. The molecule has 0 radical (unpaired) electrons. The third kappa shape index (κ3) is 2.28. The first-order chi connectivity index (χ1) is 6.04. The van der Waals surface area contributed by atoms with Gasteiger partial charge in [-0.15, -0.1) is 0 Å². The first-order valence-corrected chi connectivity index (χ1v) is 4.31. The summed E-state index contributed by atoms with van der Waals surface area (Å²) in [5.74, 6) is -0.685. The second-order valence-electron chi connectivity index (χ2n) is 2.49. The van der Waals surface area contributed by atoms with E-state index in [0.29, 0.717) is 4.47 Å². The van der Waals surface area contributed by atoms with Gasteiger partial charge in [-0.1, -0.05) is 22.0 Å². The van der Waals surface area contributed by atoms with Gasteiger partial charge in [-0.25, -0.2) is 4.39 Å². The summed E-state index contributed by atoms with van der Waals surface area (Å²) in [6.45, 7) is 0. The molecule has 0 unspecified atom stereocenters. The van der Waals surface area contributed by atoms with Crippen LogP contribution in [0.3, 0.4) is 0 Å². The number of benzene rings is 1. The molecule has 13 heavy (non-hydrogen) atoms. The molecule has 0 aliphatic heterocycles. The molecule has 3 N–H and O–H groups in total. The summed E-state index contributed by atoms with van der Waals surface area (Å²) < 4.78 is 13.3. The normalized spacial score (nSPS) is 12.7. The smallest absolute Gasteiger partial charge is 0.425 e. The Balaban J connectivity index is 3.12. The molecule has 0 amide bonds. The first-order valence-electron chi connectivity index (χ1n) is 3.52. The van der Waals surface area contributed by atoms with E-state index in [-0.39, 0.29) is 5.56 Å². The zero-order valence-corrected chi connectivity index (χ0v) is 8.07. The zero-order valence-electron chi connectivity index (χ0n) is 6.48. The highest BCUT2D eigenvalue weighted by atomic mass is 79.9. The van der Waals surface area contributed by atoms with Crippen LogP contribution in [-0.2, 0) is 0 Å². The molecule has 1 aromatic rings. The minimum absolute atomic E-state index is 0.155. The van der Waals surface area contributed by atoms with Gasteiger partial charge in [0.25, 0.3) is 0 Å². The minimum Gasteiger partial charge on any atom is -0.425 e. The largest absolute Gasteiger partial charge is 0.487 e. The van der Waals surface area contributed by atoms with Crippen molar-refractivity contribution in [1.82, 2.24) is 0 Å². The van der Waals surface area contributed by atoms with Gasteiger partial charge in [0.1, 0.15) is 11.8 Å². The predicted molar refractivity (Wildman–Crippen MR) is 49.3 cm³/mol. The lowest BCUT2D eigenvalue weighted by atomic mass is 9.78. The van der Waals surface area contributed by atoms with Crippen molar-refractivity contribution >= 4 is 23.0 Å². The standard InChI is InChI=1S/C7H7BBrFO3/c9-4-2-1-3-5(10)6(4)7(11)8(12)13/h1-3,7,11-13H/t7-/m0/s1. The Morgan fingerprint density at radius 3 is 2.46 bits per heavy atom. The summed E-state index contributed by atoms with van der Waals surface area (Å²) in [5.41, 5.74) is -0.155. The van der Waals surface area contributed by atoms with E-state index in [4.69, 9.17) is 10.0 Å². The number of rotatable bonds is 2. The summed E-state index contributed by atoms with van der Waals surface area (Å²) >= 11 is 2.99. The van der Waals surface area contributed by atoms with E-state index in [1.165, 1.54) is 12.1 Å². The summed E-state index contributed by atoms with van der Waals surface area (Å²) in [5, 5.41) is 26.5. The van der Waals surface area contributed by atoms with Crippen LogP contribution in [0.25, 0.3) is 0 Å². The summed E-state index contributed by atoms with van der Waals surface area (Å²) in [7, 11) is -1.99. The average Bonchev–Trinajstić information content (AvgIpc) is 2.03. The molecule has 1 rings (SSSR count). The highest BCUT2D eigenvalue weighted by Gasteiger charge is 2.27. The van der Waals surface area contributed by atoms with Crippen molar-refractivity contribution in [2.24, 2.45) is 0 Å². The molecule has 0 aliphatic carbocycles. The Kier molecular flexibility index (Phi) is 3.43. The number of halogens is 2. The number of hydrogen-bond acceptors (Lipinski definition) is 3. The van der Waals surface area contributed by atoms with E-state index in [1.54, 1.807) is 0 Å². The Hall–Kier alpha value is -0.425. The van der Waals surface area contributed by atoms with Gasteiger partial charge in [-0.05, 0) is 12.1 Å². The van der Waals surface area contributed by atoms with E-state index < -0.39 is 18.9 Å². The molecule has 0 saturated carbocycles. The van der Waals surface area contributed by atoms with E-state index in [0.717, 1.165) is 6.07 Å². The molecule has 1 aromatic carbocycles. The molecule has 0 aromatic heterocycles. The third-order valence-corrected chi connectivity index (χ3v) is 2.27. The quantitative estimate of drug-likeness (QED) is 0.673. The van der Waals surface area contributed by atoms with Crippen molar-refractivity contribution in [1.29, 1.82) is 0 Å². The van der Waals surface area contributed by atoms with E-state index in [1.807, 2.05) is 0 Å². The summed E-state index contributed by atoms with van der Waals surface area (Å²) in [6, 6.07) is 2.44. The number of hydrogen-bond donors (Lipinski definition) is 3. The van der Waals surface area contributed by atoms with Crippen molar-refractivity contribution in [3.8, 4) is 0 Å². The highest BCUT2D eigenvalue weighted by Crippen LogP contribution is 2.26. The lowest BCUT2D eigenvalue weighted by Crippen LogP contribution is -2.24. The van der Waals surface area contributed by atoms with Gasteiger partial charge in [-0.3, -0.25) is 0 Å². The molecule has 0 spiro atoms. The van der Waals surface area contributed by atoms with Crippen molar-refractivity contribution in [2.75, 3.05) is 0 Å². The maximum Gasteiger partial charge on any atom is 0.487 e. The first kappa shape index (κ1) is 10.7. The van der Waals surface area contributed by atoms with Crippen molar-refractivity contribution in [2.45, 2.75) is 6.00 Å². The Bertz CT molecular complexity index is 288. The van der Waals surface area contributed by atoms with Gasteiger partial charge in [-0.2, -0.15) is 0 Å². The van der Waals surface area contributed by atoms with Gasteiger partial charge < -0.3 is 15.2 Å². The van der Waals surface area contributed by atoms with E-state index in [2.05, 4.69) is 15.9 Å². The fourth-order valence-electron chi connectivity index (χ4n) is 0.942. The van der Waals surface area contributed by atoms with Crippen molar-refractivity contribution in [3.05, 3.63) is 34.1 Å². The van der Waals surface area contributed by atoms with Gasteiger partial charge in [0, 0.05) is 10.0 Å². The van der Waals surface area contributed by atoms with Crippen LogP contribution in [-0.4, -0.2) is 22.3 Å². The van der Waals surface area contributed by atoms with Gasteiger partial charge in [0.2, 0.25) is 0 Å². The van der Waals surface area contributed by atoms with Crippen LogP contribution >= 0.6 is 15.9 Å². The Morgan fingerprint density at radius 2 is 2.00 bits per heavy atom. The molecule has 6 heteroatoms. The molecule has 70 valence electrons. The van der Waals surface area contributed by atoms with Crippen LogP contribution in [0.15, 0.2) is 22.7 Å². The maximum absolute atomic E-state index is 13.0. The predicted octanol–water partition coefficient (Wildman–Crippen LogP) is 0.634. The number of aliphatic hydroxyl groups is 1. The molecular formula is C7H7BBrFO3. The van der Waals surface area contributed by atoms with Crippen LogP contribution in [0.5, 0.6) is 0 Å². The molecule has 0 heterocycles. The monoisotopic (exact) mass is 248 g/mol. The van der Waals surface area contributed by atoms with Gasteiger partial charge in [0.05, 0.1) is 0 Å². The maximum atomic E-state index is 13.0. The Labute approximate surface area is 83.1 Å². The molecule has 0 fully saturated rings. The van der Waals surface area contributed by atoms with E-state index in [9.17, 15) is 9.50 Å². The van der Waals surface area contributed by atoms with Crippen molar-refractivity contribution < 1.29 is 19.5 Å². The number of aliphatic hydroxyl groups excluding tert-OH is 1. The molecule has 0 bridgehead atoms. The fraction of sp³-hybridized carbons (Fsp3) is 0.143. The lowest BCUT2D eigenvalue weighted by Gasteiger charge is -2.11. The fourth-order valence-corrected chi connectivity index (χ4v) is 1.52. The zero-order chi connectivity index (χ0) is 10.0. The molecule has 0 saturated heterocycles. The van der Waals surface area contributed by atoms with Crippen LogP contribution in [0.2, 0.25) is 0 Å². The molecular weight excluding hydrogens is 242 g/mol. The summed E-state index contributed by atoms with van der Waals surface area (Å²) in [4.78, 5) is 0. The molecule has 0 aliphatic rings. The van der Waals surface area contributed by atoms with Crippen LogP contribution in [0.4, 0.5) is 4.39 Å². The van der Waals surface area contributed by atoms with Crippen LogP contribution in [0.1, 0.15) is 11.6 Å². The Morgan fingerprint density at radius 1 is 1.38 bits per heavy atom. The topological polar surface area (TPSA) is 60.7 Å². The van der Waals surface area contributed by atoms with Gasteiger partial charge >= 0.3 is 7.12 Å². The molecule has 3 nitrogen and oxygen atoms in total. The van der Waals surface area contributed by atoms with Crippen molar-refractivity contribution in [3.63, 3.8) is 0 Å². The summed E-state index contributed by atoms with van der Waals surface area (Å²) in [6.07, 6.45) is 0. The average molecular weight is 249 g/mol. The molecule has 1 atom stereocenters. The van der Waals surface area contributed by atoms with Crippen LogP contribution in [0, 0.1) is 5.82 Å². The van der Waals surface area contributed by atoms with Crippen LogP contribution < -0.4 is 0 Å². The second kappa shape index (κ2) is 4.19.